The summed E-state index contributed by atoms with van der Waals surface area (Å²) < 4.78 is 16.6. The number of amides is 1. The maximum Gasteiger partial charge on any atom is 0.407 e. The van der Waals surface area contributed by atoms with Gasteiger partial charge >= 0.3 is 6.09 Å². The maximum atomic E-state index is 11.1. The van der Waals surface area contributed by atoms with Crippen LogP contribution in [0.5, 0.6) is 5.75 Å². The van der Waals surface area contributed by atoms with Crippen molar-refractivity contribution in [1.29, 1.82) is 0 Å². The molecule has 2 aliphatic heterocycles. The van der Waals surface area contributed by atoms with Crippen LogP contribution in [0.4, 0.5) is 4.79 Å². The Morgan fingerprint density at radius 1 is 1.39 bits per heavy atom. The first-order valence-corrected chi connectivity index (χ1v) is 5.94. The van der Waals surface area contributed by atoms with Gasteiger partial charge in [0.15, 0.2) is 0 Å². The van der Waals surface area contributed by atoms with Gasteiger partial charge in [-0.05, 0) is 6.07 Å². The van der Waals surface area contributed by atoms with Crippen molar-refractivity contribution in [2.45, 2.75) is 32.3 Å². The summed E-state index contributed by atoms with van der Waals surface area (Å²) in [6, 6.07) is 5.75. The SMILES string of the molecule is CC1(C)OCc2c(cccc2[C@H]2CNC(=O)O2)O1. The van der Waals surface area contributed by atoms with Crippen LogP contribution < -0.4 is 10.1 Å². The van der Waals surface area contributed by atoms with Crippen LogP contribution in [0.3, 0.4) is 0 Å². The minimum Gasteiger partial charge on any atom is -0.463 e. The Hall–Kier alpha value is -1.75. The Morgan fingerprint density at radius 2 is 2.22 bits per heavy atom. The smallest absolute Gasteiger partial charge is 0.407 e. The average Bonchev–Trinajstić information content (AvgIpc) is 2.73. The summed E-state index contributed by atoms with van der Waals surface area (Å²) in [5.41, 5.74) is 1.90. The first-order valence-electron chi connectivity index (χ1n) is 5.94. The lowest BCUT2D eigenvalue weighted by atomic mass is 10.0. The molecule has 2 aliphatic rings. The Bertz CT molecular complexity index is 498. The number of carbonyl (C=O) groups excluding carboxylic acids is 1. The standard InChI is InChI=1S/C13H15NO4/c1-13(2)16-7-9-8(4-3-5-10(9)18-13)11-6-14-12(15)17-11/h3-5,11H,6-7H2,1-2H3,(H,14,15)/t11-/m1/s1. The number of rotatable bonds is 1. The second kappa shape index (κ2) is 3.88. The third-order valence-electron chi connectivity index (χ3n) is 3.12. The third kappa shape index (κ3) is 1.90. The predicted molar refractivity (Wildman–Crippen MR) is 63.2 cm³/mol. The van der Waals surface area contributed by atoms with Crippen molar-refractivity contribution >= 4 is 6.09 Å². The molecule has 1 fully saturated rings. The minimum absolute atomic E-state index is 0.263. The summed E-state index contributed by atoms with van der Waals surface area (Å²) in [4.78, 5) is 11.1. The summed E-state index contributed by atoms with van der Waals surface area (Å²) in [6.45, 7) is 4.70. The number of hydrogen-bond donors (Lipinski definition) is 1. The zero-order valence-corrected chi connectivity index (χ0v) is 10.4. The highest BCUT2D eigenvalue weighted by Gasteiger charge is 2.32. The number of benzene rings is 1. The van der Waals surface area contributed by atoms with E-state index in [-0.39, 0.29) is 12.2 Å². The van der Waals surface area contributed by atoms with Crippen LogP contribution in [0.1, 0.15) is 31.1 Å². The van der Waals surface area contributed by atoms with E-state index >= 15 is 0 Å². The van der Waals surface area contributed by atoms with Crippen molar-refractivity contribution in [2.24, 2.45) is 0 Å². The van der Waals surface area contributed by atoms with E-state index in [2.05, 4.69) is 5.32 Å². The first kappa shape index (κ1) is 11.3. The van der Waals surface area contributed by atoms with Crippen LogP contribution in [-0.2, 0) is 16.1 Å². The zero-order chi connectivity index (χ0) is 12.8. The van der Waals surface area contributed by atoms with Gasteiger partial charge in [0.05, 0.1) is 13.2 Å². The molecule has 5 nitrogen and oxygen atoms in total. The summed E-state index contributed by atoms with van der Waals surface area (Å²) >= 11 is 0. The van der Waals surface area contributed by atoms with Gasteiger partial charge in [-0.15, -0.1) is 0 Å². The van der Waals surface area contributed by atoms with Crippen molar-refractivity contribution in [3.63, 3.8) is 0 Å². The van der Waals surface area contributed by atoms with Gasteiger partial charge in [0.1, 0.15) is 11.9 Å². The van der Waals surface area contributed by atoms with Crippen molar-refractivity contribution in [1.82, 2.24) is 5.32 Å². The molecule has 1 aromatic rings. The van der Waals surface area contributed by atoms with E-state index in [4.69, 9.17) is 14.2 Å². The summed E-state index contributed by atoms with van der Waals surface area (Å²) in [5, 5.41) is 2.65. The predicted octanol–water partition coefficient (Wildman–Crippen LogP) is 2.11. The molecule has 5 heteroatoms. The number of nitrogens with one attached hydrogen (secondary N) is 1. The van der Waals surface area contributed by atoms with E-state index < -0.39 is 5.79 Å². The molecule has 0 spiro atoms. The number of carbonyl (C=O) groups is 1. The van der Waals surface area contributed by atoms with Gasteiger partial charge in [-0.25, -0.2) is 4.79 Å². The normalized spacial score (nSPS) is 24.8. The number of hydrogen-bond acceptors (Lipinski definition) is 4. The monoisotopic (exact) mass is 249 g/mol. The zero-order valence-electron chi connectivity index (χ0n) is 10.4. The fourth-order valence-corrected chi connectivity index (χ4v) is 2.24. The van der Waals surface area contributed by atoms with Gasteiger partial charge in [-0.2, -0.15) is 0 Å². The van der Waals surface area contributed by atoms with Gasteiger partial charge in [-0.1, -0.05) is 12.1 Å². The molecule has 3 rings (SSSR count). The topological polar surface area (TPSA) is 56.8 Å². The van der Waals surface area contributed by atoms with Crippen LogP contribution in [-0.4, -0.2) is 18.4 Å². The van der Waals surface area contributed by atoms with Crippen molar-refractivity contribution in [2.75, 3.05) is 6.54 Å². The van der Waals surface area contributed by atoms with Gasteiger partial charge in [0, 0.05) is 25.0 Å². The minimum atomic E-state index is -0.615. The molecule has 0 bridgehead atoms. The van der Waals surface area contributed by atoms with Gasteiger partial charge in [0.25, 0.3) is 0 Å². The molecular weight excluding hydrogens is 234 g/mol. The van der Waals surface area contributed by atoms with Crippen LogP contribution >= 0.6 is 0 Å². The van der Waals surface area contributed by atoms with Crippen molar-refractivity contribution < 1.29 is 19.0 Å². The van der Waals surface area contributed by atoms with E-state index in [0.717, 1.165) is 16.9 Å². The van der Waals surface area contributed by atoms with Crippen LogP contribution in [0.2, 0.25) is 0 Å². The quantitative estimate of drug-likeness (QED) is 0.828. The Kier molecular flexibility index (Phi) is 2.45. The molecule has 0 radical (unpaired) electrons. The molecule has 96 valence electrons. The Labute approximate surface area is 105 Å². The Balaban J connectivity index is 1.95. The summed E-state index contributed by atoms with van der Waals surface area (Å²) in [6.07, 6.45) is -0.642. The molecule has 0 unspecified atom stereocenters. The molecule has 2 heterocycles. The molecule has 0 aromatic heterocycles. The lowest BCUT2D eigenvalue weighted by Crippen LogP contribution is -2.35. The number of ether oxygens (including phenoxy) is 3. The molecule has 1 aromatic carbocycles. The summed E-state index contributed by atoms with van der Waals surface area (Å²) in [5.74, 6) is 0.183. The number of cyclic esters (lactones) is 1. The van der Waals surface area contributed by atoms with E-state index in [0.29, 0.717) is 13.2 Å². The molecule has 1 atom stereocenters. The van der Waals surface area contributed by atoms with E-state index in [9.17, 15) is 4.79 Å². The van der Waals surface area contributed by atoms with Gasteiger partial charge < -0.3 is 19.5 Å². The fourth-order valence-electron chi connectivity index (χ4n) is 2.24. The highest BCUT2D eigenvalue weighted by molar-refractivity contribution is 5.70. The third-order valence-corrected chi connectivity index (χ3v) is 3.12. The second-order valence-corrected chi connectivity index (χ2v) is 4.89. The number of fused-ring (bicyclic) bond motifs is 1. The van der Waals surface area contributed by atoms with Crippen molar-refractivity contribution in [3.05, 3.63) is 29.3 Å². The second-order valence-electron chi connectivity index (χ2n) is 4.89. The highest BCUT2D eigenvalue weighted by Crippen LogP contribution is 2.36. The highest BCUT2D eigenvalue weighted by atomic mass is 16.7. The Morgan fingerprint density at radius 3 is 2.94 bits per heavy atom. The molecule has 1 amide bonds. The molecule has 1 N–H and O–H groups in total. The van der Waals surface area contributed by atoms with Gasteiger partial charge in [-0.3, -0.25) is 0 Å². The van der Waals surface area contributed by atoms with Gasteiger partial charge in [0.2, 0.25) is 5.79 Å². The van der Waals surface area contributed by atoms with E-state index in [1.807, 2.05) is 32.0 Å². The maximum absolute atomic E-state index is 11.1. The molecular formula is C13H15NO4. The first-order chi connectivity index (χ1) is 8.55. The average molecular weight is 249 g/mol. The van der Waals surface area contributed by atoms with Crippen LogP contribution in [0.25, 0.3) is 0 Å². The largest absolute Gasteiger partial charge is 0.463 e. The fraction of sp³-hybridized carbons (Fsp3) is 0.462. The molecule has 18 heavy (non-hydrogen) atoms. The van der Waals surface area contributed by atoms with Crippen LogP contribution in [0.15, 0.2) is 18.2 Å². The molecule has 0 aliphatic carbocycles. The van der Waals surface area contributed by atoms with E-state index in [1.54, 1.807) is 0 Å². The summed E-state index contributed by atoms with van der Waals surface area (Å²) in [7, 11) is 0. The van der Waals surface area contributed by atoms with Crippen molar-refractivity contribution in [3.8, 4) is 5.75 Å². The molecule has 0 saturated carbocycles. The van der Waals surface area contributed by atoms with Crippen LogP contribution in [0, 0.1) is 0 Å². The van der Waals surface area contributed by atoms with E-state index in [1.165, 1.54) is 0 Å². The number of alkyl carbamates (subject to hydrolysis) is 1. The lowest BCUT2D eigenvalue weighted by Gasteiger charge is -2.33. The lowest BCUT2D eigenvalue weighted by molar-refractivity contribution is -0.180. The molecule has 1 saturated heterocycles.